The number of nitrogens with two attached hydrogens (primary N) is 1. The van der Waals surface area contributed by atoms with Gasteiger partial charge in [0.2, 0.25) is 11.8 Å². The molecule has 0 aliphatic heterocycles. The number of aliphatic carboxylic acids is 1. The number of imidazole rings is 2. The molecule has 0 aliphatic rings. The number of nitrogens with one attached hydrogen (secondary N) is 4. The number of H-pyrrole nitrogens is 2. The molecule has 0 radical (unpaired) electrons. The zero-order valence-corrected chi connectivity index (χ0v) is 17.2. The third-order valence-corrected chi connectivity index (χ3v) is 4.84. The Bertz CT molecular complexity index is 1010. The Balaban J connectivity index is 1.69. The fourth-order valence-corrected chi connectivity index (χ4v) is 3.15. The normalized spacial score (nSPS) is 13.7. The summed E-state index contributed by atoms with van der Waals surface area (Å²) in [4.78, 5) is 50.9. The molecule has 0 fully saturated rings. The molecular formula is C21H25N7O4. The van der Waals surface area contributed by atoms with Gasteiger partial charge in [-0.3, -0.25) is 9.59 Å². The number of carbonyl (C=O) groups is 3. The molecule has 11 nitrogen and oxygen atoms in total. The second-order valence-corrected chi connectivity index (χ2v) is 7.32. The van der Waals surface area contributed by atoms with Crippen molar-refractivity contribution in [2.45, 2.75) is 37.4 Å². The summed E-state index contributed by atoms with van der Waals surface area (Å²) < 4.78 is 0. The summed E-state index contributed by atoms with van der Waals surface area (Å²) in [5.41, 5.74) is 8.01. The number of carboxylic acids is 1. The molecule has 0 saturated carbocycles. The van der Waals surface area contributed by atoms with Crippen LogP contribution in [-0.2, 0) is 33.6 Å². The van der Waals surface area contributed by atoms with Crippen LogP contribution in [0.3, 0.4) is 0 Å². The lowest BCUT2D eigenvalue weighted by atomic mass is 10.0. The van der Waals surface area contributed by atoms with Crippen LogP contribution in [0.25, 0.3) is 0 Å². The summed E-state index contributed by atoms with van der Waals surface area (Å²) in [7, 11) is 0. The lowest BCUT2D eigenvalue weighted by Gasteiger charge is -2.22. The van der Waals surface area contributed by atoms with Gasteiger partial charge in [0.05, 0.1) is 18.7 Å². The maximum atomic E-state index is 13.0. The number of nitrogens with zero attached hydrogens (tertiary/aromatic N) is 2. The van der Waals surface area contributed by atoms with Crippen molar-refractivity contribution >= 4 is 17.8 Å². The highest BCUT2D eigenvalue weighted by molar-refractivity contribution is 5.92. The summed E-state index contributed by atoms with van der Waals surface area (Å²) in [5.74, 6) is -2.36. The zero-order valence-electron chi connectivity index (χ0n) is 17.2. The average molecular weight is 439 g/mol. The monoisotopic (exact) mass is 439 g/mol. The van der Waals surface area contributed by atoms with Gasteiger partial charge in [-0.25, -0.2) is 14.8 Å². The number of carbonyl (C=O) groups excluding carboxylic acids is 2. The molecule has 0 aliphatic carbocycles. The largest absolute Gasteiger partial charge is 0.480 e. The Morgan fingerprint density at radius 2 is 1.47 bits per heavy atom. The molecular weight excluding hydrogens is 414 g/mol. The van der Waals surface area contributed by atoms with Crippen molar-refractivity contribution < 1.29 is 19.5 Å². The molecule has 0 unspecified atom stereocenters. The van der Waals surface area contributed by atoms with Crippen LogP contribution >= 0.6 is 0 Å². The molecule has 2 aromatic heterocycles. The van der Waals surface area contributed by atoms with Gasteiger partial charge in [-0.2, -0.15) is 0 Å². The van der Waals surface area contributed by atoms with Gasteiger partial charge in [0.1, 0.15) is 12.1 Å². The number of hydrogen-bond donors (Lipinski definition) is 6. The maximum Gasteiger partial charge on any atom is 0.326 e. The third kappa shape index (κ3) is 6.51. The second kappa shape index (κ2) is 10.9. The smallest absolute Gasteiger partial charge is 0.326 e. The van der Waals surface area contributed by atoms with Crippen LogP contribution in [0, 0.1) is 0 Å². The first kappa shape index (κ1) is 22.7. The first-order valence-electron chi connectivity index (χ1n) is 10.00. The number of aromatic nitrogens is 4. The van der Waals surface area contributed by atoms with E-state index in [0.717, 1.165) is 5.56 Å². The number of hydrogen-bond acceptors (Lipinski definition) is 6. The Morgan fingerprint density at radius 1 is 0.875 bits per heavy atom. The van der Waals surface area contributed by atoms with E-state index in [1.54, 1.807) is 30.5 Å². The zero-order chi connectivity index (χ0) is 22.9. The van der Waals surface area contributed by atoms with Gasteiger partial charge in [-0.15, -0.1) is 0 Å². The highest BCUT2D eigenvalue weighted by Crippen LogP contribution is 2.06. The number of benzene rings is 1. The Labute approximate surface area is 183 Å². The van der Waals surface area contributed by atoms with Gasteiger partial charge in [0.25, 0.3) is 0 Å². The van der Waals surface area contributed by atoms with Crippen LogP contribution < -0.4 is 16.4 Å². The molecule has 0 bridgehead atoms. The topological polar surface area (TPSA) is 179 Å². The van der Waals surface area contributed by atoms with Crippen molar-refractivity contribution in [3.05, 3.63) is 72.3 Å². The molecule has 1 aromatic carbocycles. The number of amides is 2. The quantitative estimate of drug-likeness (QED) is 0.234. The predicted molar refractivity (Wildman–Crippen MR) is 114 cm³/mol. The Kier molecular flexibility index (Phi) is 7.70. The standard InChI is InChI=1S/C21H25N7O4/c22-16(7-14-9-23-11-25-14)19(29)27-17(8-15-10-24-12-26-15)20(30)28-18(21(31)32)6-13-4-2-1-3-5-13/h1-5,9-12,16-18H,6-8,22H2,(H,23,25)(H,24,26)(H,27,29)(H,28,30)(H,31,32)/t16-,17-,18-/m0/s1. The van der Waals surface area contributed by atoms with E-state index in [0.29, 0.717) is 11.4 Å². The number of carboxylic acid groups (broad SMARTS) is 1. The molecule has 11 heteroatoms. The minimum atomic E-state index is -1.18. The molecule has 7 N–H and O–H groups in total. The molecule has 2 heterocycles. The number of aromatic amines is 2. The van der Waals surface area contributed by atoms with E-state index < -0.39 is 35.9 Å². The predicted octanol–water partition coefficient (Wildman–Crippen LogP) is -0.458. The lowest BCUT2D eigenvalue weighted by molar-refractivity contribution is -0.142. The van der Waals surface area contributed by atoms with Crippen molar-refractivity contribution in [2.24, 2.45) is 5.73 Å². The third-order valence-electron chi connectivity index (χ3n) is 4.84. The highest BCUT2D eigenvalue weighted by atomic mass is 16.4. The summed E-state index contributed by atoms with van der Waals surface area (Å²) >= 11 is 0. The van der Waals surface area contributed by atoms with Crippen molar-refractivity contribution in [3.8, 4) is 0 Å². The van der Waals surface area contributed by atoms with E-state index in [2.05, 4.69) is 30.6 Å². The molecule has 3 rings (SSSR count). The van der Waals surface area contributed by atoms with E-state index in [1.165, 1.54) is 18.9 Å². The van der Waals surface area contributed by atoms with Gasteiger partial charge >= 0.3 is 5.97 Å². The highest BCUT2D eigenvalue weighted by Gasteiger charge is 2.29. The van der Waals surface area contributed by atoms with Crippen LogP contribution in [0.2, 0.25) is 0 Å². The van der Waals surface area contributed by atoms with Crippen LogP contribution in [-0.4, -0.2) is 61.0 Å². The van der Waals surface area contributed by atoms with Crippen molar-refractivity contribution in [1.29, 1.82) is 0 Å². The van der Waals surface area contributed by atoms with E-state index in [9.17, 15) is 19.5 Å². The summed E-state index contributed by atoms with van der Waals surface area (Å²) in [6.07, 6.45) is 6.41. The van der Waals surface area contributed by atoms with E-state index in [4.69, 9.17) is 5.73 Å². The molecule has 32 heavy (non-hydrogen) atoms. The minimum Gasteiger partial charge on any atom is -0.480 e. The molecule has 2 amide bonds. The van der Waals surface area contributed by atoms with E-state index in [-0.39, 0.29) is 19.3 Å². The summed E-state index contributed by atoms with van der Waals surface area (Å²) in [5, 5.41) is 14.7. The van der Waals surface area contributed by atoms with Crippen LogP contribution in [0.1, 0.15) is 17.0 Å². The molecule has 168 valence electrons. The molecule has 0 spiro atoms. The van der Waals surface area contributed by atoms with Crippen LogP contribution in [0.4, 0.5) is 0 Å². The van der Waals surface area contributed by atoms with Crippen molar-refractivity contribution in [3.63, 3.8) is 0 Å². The molecule has 0 saturated heterocycles. The number of rotatable bonds is 11. The fraction of sp³-hybridized carbons (Fsp3) is 0.286. The summed E-state index contributed by atoms with van der Waals surface area (Å²) in [6, 6.07) is 5.82. The SMILES string of the molecule is N[C@@H](Cc1cnc[nH]1)C(=O)N[C@@H](Cc1cnc[nH]1)C(=O)N[C@@H](Cc1ccccc1)C(=O)O. The second-order valence-electron chi connectivity index (χ2n) is 7.32. The van der Waals surface area contributed by atoms with Crippen molar-refractivity contribution in [2.75, 3.05) is 0 Å². The van der Waals surface area contributed by atoms with Gasteiger partial charge in [0.15, 0.2) is 0 Å². The first-order chi connectivity index (χ1) is 15.4. The van der Waals surface area contributed by atoms with Crippen molar-refractivity contribution in [1.82, 2.24) is 30.6 Å². The van der Waals surface area contributed by atoms with Crippen LogP contribution in [0.15, 0.2) is 55.4 Å². The molecule has 3 atom stereocenters. The maximum absolute atomic E-state index is 13.0. The van der Waals surface area contributed by atoms with E-state index >= 15 is 0 Å². The average Bonchev–Trinajstić information content (AvgIpc) is 3.47. The Hall–Kier alpha value is -3.99. The minimum absolute atomic E-state index is 0.0893. The Morgan fingerprint density at radius 3 is 2.03 bits per heavy atom. The van der Waals surface area contributed by atoms with Gasteiger partial charge < -0.3 is 31.4 Å². The van der Waals surface area contributed by atoms with Gasteiger partial charge in [-0.05, 0) is 5.56 Å². The van der Waals surface area contributed by atoms with Gasteiger partial charge in [-0.1, -0.05) is 30.3 Å². The van der Waals surface area contributed by atoms with Gasteiger partial charge in [0, 0.05) is 43.0 Å². The lowest BCUT2D eigenvalue weighted by Crippen LogP contribution is -2.56. The summed E-state index contributed by atoms with van der Waals surface area (Å²) in [6.45, 7) is 0. The van der Waals surface area contributed by atoms with Crippen LogP contribution in [0.5, 0.6) is 0 Å². The molecule has 3 aromatic rings. The van der Waals surface area contributed by atoms with E-state index in [1.807, 2.05) is 6.07 Å². The fourth-order valence-electron chi connectivity index (χ4n) is 3.15. The first-order valence-corrected chi connectivity index (χ1v) is 10.00.